The van der Waals surface area contributed by atoms with E-state index in [-0.39, 0.29) is 0 Å². The van der Waals surface area contributed by atoms with Crippen LogP contribution in [0.15, 0.2) is 35.3 Å². The van der Waals surface area contributed by atoms with Crippen LogP contribution in [0.2, 0.25) is 0 Å². The summed E-state index contributed by atoms with van der Waals surface area (Å²) in [4.78, 5) is 4.66. The van der Waals surface area contributed by atoms with E-state index in [9.17, 15) is 5.11 Å². The Labute approximate surface area is 102 Å². The lowest BCUT2D eigenvalue weighted by atomic mass is 9.71. The highest BCUT2D eigenvalue weighted by Gasteiger charge is 2.42. The molecule has 17 heavy (non-hydrogen) atoms. The molecule has 2 aliphatic rings. The highest BCUT2D eigenvalue weighted by atomic mass is 16.3. The van der Waals surface area contributed by atoms with Gasteiger partial charge < -0.3 is 5.11 Å². The molecule has 1 aliphatic carbocycles. The molecule has 1 N–H and O–H groups in total. The first-order chi connectivity index (χ1) is 8.18. The fraction of sp³-hybridized carbons (Fsp3) is 0.533. The standard InChI is InChI=1S/C15H19NO/c1-11-13-8-5-9-15(17,10-13)16-14(11)12-6-3-2-4-7-12/h2-4,6-7,11,13,17H,5,8-10H2,1H3. The van der Waals surface area contributed by atoms with Gasteiger partial charge in [-0.25, -0.2) is 0 Å². The zero-order valence-electron chi connectivity index (χ0n) is 10.3. The minimum atomic E-state index is -0.777. The fourth-order valence-corrected chi connectivity index (χ4v) is 3.29. The second-order valence-corrected chi connectivity index (χ2v) is 5.49. The minimum Gasteiger partial charge on any atom is -0.369 e. The van der Waals surface area contributed by atoms with Crippen molar-refractivity contribution in [3.63, 3.8) is 0 Å². The third-order valence-electron chi connectivity index (χ3n) is 4.28. The number of hydrogen-bond donors (Lipinski definition) is 1. The molecule has 0 aromatic heterocycles. The maximum atomic E-state index is 10.5. The van der Waals surface area contributed by atoms with Crippen molar-refractivity contribution in [1.82, 2.24) is 0 Å². The number of nitrogens with zero attached hydrogens (tertiary/aromatic N) is 1. The van der Waals surface area contributed by atoms with Crippen molar-refractivity contribution in [2.75, 3.05) is 0 Å². The molecule has 0 radical (unpaired) electrons. The Kier molecular flexibility index (Phi) is 2.55. The van der Waals surface area contributed by atoms with Crippen LogP contribution in [-0.4, -0.2) is 16.5 Å². The lowest BCUT2D eigenvalue weighted by Gasteiger charge is -2.42. The zero-order valence-corrected chi connectivity index (χ0v) is 10.3. The molecule has 2 bridgehead atoms. The maximum absolute atomic E-state index is 10.5. The number of hydrogen-bond acceptors (Lipinski definition) is 2. The normalized spacial score (nSPS) is 36.5. The van der Waals surface area contributed by atoms with E-state index in [2.05, 4.69) is 24.0 Å². The van der Waals surface area contributed by atoms with Gasteiger partial charge in [0.15, 0.2) is 5.72 Å². The molecule has 3 atom stereocenters. The summed E-state index contributed by atoms with van der Waals surface area (Å²) in [6.45, 7) is 2.25. The van der Waals surface area contributed by atoms with Crippen LogP contribution in [0.25, 0.3) is 0 Å². The highest BCUT2D eigenvalue weighted by molar-refractivity contribution is 6.02. The van der Waals surface area contributed by atoms with Crippen LogP contribution < -0.4 is 0 Å². The SMILES string of the molecule is CC1C(c2ccccc2)=NC2(O)CCCC1C2. The van der Waals surface area contributed by atoms with Gasteiger partial charge in [0.1, 0.15) is 0 Å². The van der Waals surface area contributed by atoms with Gasteiger partial charge in [-0.3, -0.25) is 4.99 Å². The largest absolute Gasteiger partial charge is 0.369 e. The van der Waals surface area contributed by atoms with Crippen molar-refractivity contribution in [2.45, 2.75) is 38.3 Å². The third kappa shape index (κ3) is 1.91. The Morgan fingerprint density at radius 2 is 2.06 bits per heavy atom. The van der Waals surface area contributed by atoms with E-state index < -0.39 is 5.72 Å². The van der Waals surface area contributed by atoms with Gasteiger partial charge in [0.05, 0.1) is 0 Å². The molecule has 2 heteroatoms. The lowest BCUT2D eigenvalue weighted by molar-refractivity contribution is -0.0219. The molecule has 0 amide bonds. The Balaban J connectivity index is 2.04. The van der Waals surface area contributed by atoms with E-state index in [1.807, 2.05) is 18.2 Å². The average Bonchev–Trinajstić information content (AvgIpc) is 2.35. The molecule has 1 heterocycles. The zero-order chi connectivity index (χ0) is 11.9. The summed E-state index contributed by atoms with van der Waals surface area (Å²) in [5, 5.41) is 10.5. The van der Waals surface area contributed by atoms with Gasteiger partial charge in [0, 0.05) is 18.1 Å². The summed E-state index contributed by atoms with van der Waals surface area (Å²) in [5.74, 6) is 1.07. The molecule has 1 fully saturated rings. The minimum absolute atomic E-state index is 0.470. The summed E-state index contributed by atoms with van der Waals surface area (Å²) in [6.07, 6.45) is 4.02. The van der Waals surface area contributed by atoms with Gasteiger partial charge in [-0.1, -0.05) is 37.3 Å². The first kappa shape index (κ1) is 11.0. The van der Waals surface area contributed by atoms with Gasteiger partial charge >= 0.3 is 0 Å². The molecular formula is C15H19NO. The van der Waals surface area contributed by atoms with E-state index in [1.165, 1.54) is 12.0 Å². The summed E-state index contributed by atoms with van der Waals surface area (Å²) in [5.41, 5.74) is 1.50. The van der Waals surface area contributed by atoms with E-state index in [0.717, 1.165) is 25.0 Å². The third-order valence-corrected chi connectivity index (χ3v) is 4.28. The topological polar surface area (TPSA) is 32.6 Å². The molecule has 1 aliphatic heterocycles. The molecule has 0 saturated heterocycles. The van der Waals surface area contributed by atoms with Crippen molar-refractivity contribution >= 4 is 5.71 Å². The van der Waals surface area contributed by atoms with Gasteiger partial charge in [-0.2, -0.15) is 0 Å². The second-order valence-electron chi connectivity index (χ2n) is 5.49. The van der Waals surface area contributed by atoms with Crippen LogP contribution in [0.1, 0.15) is 38.2 Å². The van der Waals surface area contributed by atoms with Crippen LogP contribution in [0, 0.1) is 11.8 Å². The predicted molar refractivity (Wildman–Crippen MR) is 69.1 cm³/mol. The van der Waals surface area contributed by atoms with Crippen LogP contribution in [0.3, 0.4) is 0 Å². The molecule has 90 valence electrons. The second kappa shape index (κ2) is 3.95. The molecule has 0 spiro atoms. The van der Waals surface area contributed by atoms with Crippen molar-refractivity contribution in [3.8, 4) is 0 Å². The van der Waals surface area contributed by atoms with Crippen molar-refractivity contribution in [3.05, 3.63) is 35.9 Å². The maximum Gasteiger partial charge on any atom is 0.156 e. The molecule has 1 aromatic rings. The monoisotopic (exact) mass is 229 g/mol. The van der Waals surface area contributed by atoms with Crippen molar-refractivity contribution < 1.29 is 5.11 Å². The quantitative estimate of drug-likeness (QED) is 0.789. The van der Waals surface area contributed by atoms with Crippen LogP contribution in [-0.2, 0) is 0 Å². The number of rotatable bonds is 1. The average molecular weight is 229 g/mol. The van der Waals surface area contributed by atoms with E-state index in [1.54, 1.807) is 0 Å². The van der Waals surface area contributed by atoms with Crippen LogP contribution in [0.4, 0.5) is 0 Å². The smallest absolute Gasteiger partial charge is 0.156 e. The van der Waals surface area contributed by atoms with Gasteiger partial charge in [0.2, 0.25) is 0 Å². The number of benzene rings is 1. The number of aliphatic hydroxyl groups is 1. The van der Waals surface area contributed by atoms with E-state index >= 15 is 0 Å². The summed E-state index contributed by atoms with van der Waals surface area (Å²) < 4.78 is 0. The first-order valence-corrected chi connectivity index (χ1v) is 6.55. The first-order valence-electron chi connectivity index (χ1n) is 6.55. The summed E-state index contributed by atoms with van der Waals surface area (Å²) in [6, 6.07) is 10.3. The van der Waals surface area contributed by atoms with Crippen molar-refractivity contribution in [1.29, 1.82) is 0 Å². The van der Waals surface area contributed by atoms with Gasteiger partial charge in [-0.05, 0) is 30.7 Å². The Morgan fingerprint density at radius 1 is 1.29 bits per heavy atom. The van der Waals surface area contributed by atoms with Crippen molar-refractivity contribution in [2.24, 2.45) is 16.8 Å². The molecular weight excluding hydrogens is 210 g/mol. The Bertz CT molecular complexity index is 439. The van der Waals surface area contributed by atoms with E-state index in [0.29, 0.717) is 11.8 Å². The molecule has 1 saturated carbocycles. The predicted octanol–water partition coefficient (Wildman–Crippen LogP) is 3.00. The lowest BCUT2D eigenvalue weighted by Crippen LogP contribution is -2.43. The molecule has 1 aromatic carbocycles. The number of fused-ring (bicyclic) bond motifs is 2. The summed E-state index contributed by atoms with van der Waals surface area (Å²) in [7, 11) is 0. The van der Waals surface area contributed by atoms with E-state index in [4.69, 9.17) is 0 Å². The number of aliphatic imine (C=N–C) groups is 1. The van der Waals surface area contributed by atoms with Gasteiger partial charge in [-0.15, -0.1) is 0 Å². The molecule has 2 nitrogen and oxygen atoms in total. The van der Waals surface area contributed by atoms with Crippen LogP contribution in [0.5, 0.6) is 0 Å². The summed E-state index contributed by atoms with van der Waals surface area (Å²) >= 11 is 0. The highest BCUT2D eigenvalue weighted by Crippen LogP contribution is 2.42. The fourth-order valence-electron chi connectivity index (χ4n) is 3.29. The Morgan fingerprint density at radius 3 is 2.82 bits per heavy atom. The Hall–Kier alpha value is -1.15. The molecule has 3 unspecified atom stereocenters. The van der Waals surface area contributed by atoms with Gasteiger partial charge in [0.25, 0.3) is 0 Å². The van der Waals surface area contributed by atoms with Crippen LogP contribution >= 0.6 is 0 Å². The molecule has 3 rings (SSSR count).